The Balaban J connectivity index is 1.60. The monoisotopic (exact) mass is 479 g/mol. The van der Waals surface area contributed by atoms with Crippen LogP contribution in [0.25, 0.3) is 0 Å². The first kappa shape index (κ1) is 24.4. The summed E-state index contributed by atoms with van der Waals surface area (Å²) in [6.07, 6.45) is -0.964. The first-order valence-electron chi connectivity index (χ1n) is 11.2. The summed E-state index contributed by atoms with van der Waals surface area (Å²) in [5.74, 6) is -0.343. The average molecular weight is 480 g/mol. The van der Waals surface area contributed by atoms with E-state index in [-0.39, 0.29) is 30.3 Å². The Morgan fingerprint density at radius 2 is 1.59 bits per heavy atom. The van der Waals surface area contributed by atoms with E-state index in [1.807, 2.05) is 60.7 Å². The summed E-state index contributed by atoms with van der Waals surface area (Å²) in [5.41, 5.74) is 9.82. The topological polar surface area (TPSA) is 102 Å². The summed E-state index contributed by atoms with van der Waals surface area (Å²) in [6.45, 7) is 2.54. The van der Waals surface area contributed by atoms with Crippen molar-refractivity contribution in [3.05, 3.63) is 101 Å². The molecule has 7 heteroatoms. The number of carboxylic acids is 1. The number of rotatable bonds is 8. The van der Waals surface area contributed by atoms with Crippen LogP contribution in [0.3, 0.4) is 0 Å². The second-order valence-electron chi connectivity index (χ2n) is 8.38. The van der Waals surface area contributed by atoms with Crippen molar-refractivity contribution in [1.29, 1.82) is 0 Å². The molecule has 1 saturated heterocycles. The molecule has 1 aliphatic rings. The number of thioether (sulfide) groups is 1. The zero-order chi connectivity index (χ0) is 24.1. The van der Waals surface area contributed by atoms with Crippen LogP contribution < -0.4 is 5.73 Å². The van der Waals surface area contributed by atoms with E-state index in [1.165, 1.54) is 11.8 Å². The lowest BCUT2D eigenvalue weighted by molar-refractivity contribution is -0.268. The normalized spacial score (nSPS) is 22.4. The minimum atomic E-state index is -0.941. The molecule has 0 saturated carbocycles. The third-order valence-corrected chi connectivity index (χ3v) is 7.29. The molecule has 6 nitrogen and oxygen atoms in total. The highest BCUT2D eigenvalue weighted by atomic mass is 32.2. The van der Waals surface area contributed by atoms with Crippen molar-refractivity contribution in [2.45, 2.75) is 43.5 Å². The maximum Gasteiger partial charge on any atom is 0.336 e. The average Bonchev–Trinajstić information content (AvgIpc) is 2.88. The molecule has 0 spiro atoms. The molecule has 0 radical (unpaired) electrons. The van der Waals surface area contributed by atoms with Gasteiger partial charge in [-0.2, -0.15) is 0 Å². The van der Waals surface area contributed by atoms with Gasteiger partial charge in [0.25, 0.3) is 0 Å². The van der Waals surface area contributed by atoms with E-state index in [0.717, 1.165) is 22.3 Å². The van der Waals surface area contributed by atoms with Gasteiger partial charge >= 0.3 is 5.97 Å². The van der Waals surface area contributed by atoms with Crippen molar-refractivity contribution in [3.63, 3.8) is 0 Å². The molecule has 4 unspecified atom stereocenters. The van der Waals surface area contributed by atoms with Crippen LogP contribution in [0.5, 0.6) is 0 Å². The van der Waals surface area contributed by atoms with Crippen molar-refractivity contribution < 1.29 is 24.5 Å². The molecular weight excluding hydrogens is 450 g/mol. The van der Waals surface area contributed by atoms with Crippen LogP contribution in [0.4, 0.5) is 0 Å². The summed E-state index contributed by atoms with van der Waals surface area (Å²) in [7, 11) is 0. The number of aliphatic hydroxyl groups is 1. The zero-order valence-electron chi connectivity index (χ0n) is 19.0. The van der Waals surface area contributed by atoms with E-state index in [4.69, 9.17) is 15.2 Å². The molecule has 4 rings (SSSR count). The molecule has 3 aromatic carbocycles. The van der Waals surface area contributed by atoms with E-state index in [1.54, 1.807) is 12.1 Å². The fraction of sp³-hybridized carbons (Fsp3) is 0.296. The molecule has 4 atom stereocenters. The van der Waals surface area contributed by atoms with E-state index in [0.29, 0.717) is 17.2 Å². The number of aromatic carboxylic acids is 1. The maximum absolute atomic E-state index is 11.6. The lowest BCUT2D eigenvalue weighted by atomic mass is 9.91. The molecule has 4 N–H and O–H groups in total. The first-order valence-corrected chi connectivity index (χ1v) is 12.2. The van der Waals surface area contributed by atoms with Gasteiger partial charge in [0.05, 0.1) is 24.4 Å². The first-order chi connectivity index (χ1) is 16.5. The van der Waals surface area contributed by atoms with Crippen LogP contribution in [0.2, 0.25) is 0 Å². The zero-order valence-corrected chi connectivity index (χ0v) is 19.8. The van der Waals surface area contributed by atoms with Crippen molar-refractivity contribution in [1.82, 2.24) is 0 Å². The number of hydrogen-bond acceptors (Lipinski definition) is 6. The predicted octanol–water partition coefficient (Wildman–Crippen LogP) is 4.92. The number of benzene rings is 3. The van der Waals surface area contributed by atoms with Gasteiger partial charge < -0.3 is 25.4 Å². The van der Waals surface area contributed by atoms with Gasteiger partial charge in [-0.05, 0) is 28.8 Å². The molecular formula is C27H29NO5S. The molecule has 1 aliphatic heterocycles. The Labute approximate surface area is 203 Å². The van der Waals surface area contributed by atoms with Gasteiger partial charge in [0.15, 0.2) is 6.29 Å². The summed E-state index contributed by atoms with van der Waals surface area (Å²) >= 11 is 1.48. The fourth-order valence-corrected chi connectivity index (χ4v) is 5.27. The molecule has 0 aliphatic carbocycles. The molecule has 1 fully saturated rings. The Morgan fingerprint density at radius 1 is 0.941 bits per heavy atom. The number of hydrogen-bond donors (Lipinski definition) is 3. The fourth-order valence-electron chi connectivity index (χ4n) is 4.06. The lowest BCUT2D eigenvalue weighted by Gasteiger charge is -2.41. The molecule has 0 aromatic heterocycles. The molecule has 3 aromatic rings. The van der Waals surface area contributed by atoms with E-state index < -0.39 is 12.3 Å². The van der Waals surface area contributed by atoms with Gasteiger partial charge in [0.2, 0.25) is 0 Å². The number of carboxylic acid groups (broad SMARTS) is 1. The third-order valence-electron chi connectivity index (χ3n) is 6.13. The number of ether oxygens (including phenoxy) is 2. The van der Waals surface area contributed by atoms with Gasteiger partial charge in [-0.3, -0.25) is 0 Å². The minimum absolute atomic E-state index is 0.0111. The smallest absolute Gasteiger partial charge is 0.336 e. The minimum Gasteiger partial charge on any atom is -0.478 e. The summed E-state index contributed by atoms with van der Waals surface area (Å²) in [4.78, 5) is 12.3. The molecule has 34 heavy (non-hydrogen) atoms. The van der Waals surface area contributed by atoms with Crippen LogP contribution in [-0.2, 0) is 22.6 Å². The van der Waals surface area contributed by atoms with Crippen molar-refractivity contribution in [3.8, 4) is 0 Å². The molecule has 1 heterocycles. The van der Waals surface area contributed by atoms with Gasteiger partial charge in [-0.1, -0.05) is 67.6 Å². The lowest BCUT2D eigenvalue weighted by Crippen LogP contribution is -2.38. The van der Waals surface area contributed by atoms with Crippen molar-refractivity contribution in [2.75, 3.05) is 5.75 Å². The molecule has 0 amide bonds. The SMILES string of the molecule is CC1C(CSc2ccccc2C(=O)O)OC(c2ccc(CN)cc2)OC1c1ccc(CO)cc1. The Bertz CT molecular complexity index is 1100. The van der Waals surface area contributed by atoms with Crippen molar-refractivity contribution >= 4 is 17.7 Å². The maximum atomic E-state index is 11.6. The van der Waals surface area contributed by atoms with Gasteiger partial charge in [0, 0.05) is 28.7 Å². The summed E-state index contributed by atoms with van der Waals surface area (Å²) in [5, 5.41) is 18.9. The van der Waals surface area contributed by atoms with Crippen LogP contribution in [-0.4, -0.2) is 28.0 Å². The van der Waals surface area contributed by atoms with Gasteiger partial charge in [0.1, 0.15) is 0 Å². The van der Waals surface area contributed by atoms with Crippen molar-refractivity contribution in [2.24, 2.45) is 11.7 Å². The number of carbonyl (C=O) groups is 1. The van der Waals surface area contributed by atoms with Crippen LogP contribution >= 0.6 is 11.8 Å². The standard InChI is InChI=1S/C27H29NO5S/c1-17-23(16-34-24-5-3-2-4-22(24)26(30)31)32-27(21-12-6-18(14-28)7-13-21)33-25(17)20-10-8-19(15-29)9-11-20/h2-13,17,23,25,27,29H,14-16,28H2,1H3,(H,30,31). The number of nitrogens with two attached hydrogens (primary N) is 1. The van der Waals surface area contributed by atoms with Crippen LogP contribution in [0.15, 0.2) is 77.7 Å². The summed E-state index contributed by atoms with van der Waals surface area (Å²) < 4.78 is 12.9. The largest absolute Gasteiger partial charge is 0.478 e. The second-order valence-corrected chi connectivity index (χ2v) is 9.44. The highest BCUT2D eigenvalue weighted by Crippen LogP contribution is 2.43. The Kier molecular flexibility index (Phi) is 8.03. The van der Waals surface area contributed by atoms with E-state index >= 15 is 0 Å². The quantitative estimate of drug-likeness (QED) is 0.394. The predicted molar refractivity (Wildman–Crippen MR) is 131 cm³/mol. The van der Waals surface area contributed by atoms with Crippen LogP contribution in [0.1, 0.15) is 51.9 Å². The van der Waals surface area contributed by atoms with Gasteiger partial charge in [-0.25, -0.2) is 4.79 Å². The number of aliphatic hydroxyl groups excluding tert-OH is 1. The summed E-state index contributed by atoms with van der Waals surface area (Å²) in [6, 6.07) is 22.7. The highest BCUT2D eigenvalue weighted by molar-refractivity contribution is 7.99. The molecule has 178 valence electrons. The third kappa shape index (κ3) is 5.51. The van der Waals surface area contributed by atoms with Gasteiger partial charge in [-0.15, -0.1) is 11.8 Å². The molecule has 0 bridgehead atoms. The second kappa shape index (κ2) is 11.2. The van der Waals surface area contributed by atoms with Crippen LogP contribution in [0, 0.1) is 5.92 Å². The Morgan fingerprint density at radius 3 is 2.24 bits per heavy atom. The Hall–Kier alpha value is -2.68. The van der Waals surface area contributed by atoms with E-state index in [9.17, 15) is 15.0 Å². The van der Waals surface area contributed by atoms with E-state index in [2.05, 4.69) is 6.92 Å². The highest BCUT2D eigenvalue weighted by Gasteiger charge is 2.38.